The fraction of sp³-hybridized carbons (Fsp3) is 0.398. The van der Waals surface area contributed by atoms with Crippen LogP contribution in [0, 0.1) is 12.8 Å². The Morgan fingerprint density at radius 2 is 0.924 bits per heavy atom. The highest BCUT2D eigenvalue weighted by molar-refractivity contribution is 7.88. The first-order valence-electron chi connectivity index (χ1n) is 47.1. The zero-order chi connectivity index (χ0) is 92.3. The van der Waals surface area contributed by atoms with Crippen LogP contribution >= 0.6 is 0 Å². The number of phenolic OH excluding ortho intramolecular Hbond substituents is 3. The molecule has 1 saturated carbocycles. The number of nitrogens with zero attached hydrogens (tertiary/aromatic N) is 12. The third-order valence-corrected chi connectivity index (χ3v) is 26.2. The van der Waals surface area contributed by atoms with Crippen LogP contribution < -0.4 is 21.1 Å². The highest BCUT2D eigenvalue weighted by atomic mass is 32.2. The van der Waals surface area contributed by atoms with Gasteiger partial charge in [0.2, 0.25) is 10.0 Å². The lowest BCUT2D eigenvalue weighted by atomic mass is 10.0. The number of hydrogen-bond donors (Lipinski definition) is 6. The van der Waals surface area contributed by atoms with Gasteiger partial charge in [0.1, 0.15) is 46.3 Å². The fourth-order valence-electron chi connectivity index (χ4n) is 17.2. The van der Waals surface area contributed by atoms with Gasteiger partial charge in [-0.2, -0.15) is 4.31 Å². The van der Waals surface area contributed by atoms with Crippen molar-refractivity contribution >= 4 is 16.0 Å². The number of carbonyl (C=O) groups excluding carboxylic acids is 1. The molecule has 12 aromatic rings. The summed E-state index contributed by atoms with van der Waals surface area (Å²) in [4.78, 5) is 55.9. The number of piperazine rings is 2. The predicted molar refractivity (Wildman–Crippen MR) is 526 cm³/mol. The summed E-state index contributed by atoms with van der Waals surface area (Å²) in [5, 5.41) is 35.4. The third-order valence-electron chi connectivity index (χ3n) is 25.0. The monoisotopic (exact) mass is 1790 g/mol. The van der Waals surface area contributed by atoms with E-state index in [4.69, 9.17) is 30.4 Å². The van der Waals surface area contributed by atoms with Crippen molar-refractivity contribution < 1.29 is 33.3 Å². The highest BCUT2D eigenvalue weighted by Crippen LogP contribution is 2.31. The van der Waals surface area contributed by atoms with E-state index in [1.807, 2.05) is 116 Å². The zero-order valence-corrected chi connectivity index (χ0v) is 78.8. The van der Waals surface area contributed by atoms with Crippen molar-refractivity contribution in [2.45, 2.75) is 214 Å². The maximum atomic E-state index is 12.1. The molecule has 0 spiro atoms. The quantitative estimate of drug-likeness (QED) is 0.0156. The Labute approximate surface area is 777 Å². The van der Waals surface area contributed by atoms with E-state index in [2.05, 4.69) is 154 Å². The number of esters is 1. The molecule has 2 saturated heterocycles. The van der Waals surface area contributed by atoms with Crippen LogP contribution in [0.25, 0.3) is 45.0 Å². The average molecular weight is 1790 g/mol. The molecule has 23 heteroatoms. The molecule has 2 aliphatic heterocycles. The number of rotatable bonds is 37. The smallest absolute Gasteiger partial charge is 0.308 e. The minimum absolute atomic E-state index is 0.293. The molecule has 6 heterocycles. The normalized spacial score (nSPS) is 16.0. The molecule has 0 radical (unpaired) electrons. The summed E-state index contributed by atoms with van der Waals surface area (Å²) in [5.41, 5.74) is 24.7. The molecule has 7 N–H and O–H groups in total. The van der Waals surface area contributed by atoms with Crippen LogP contribution in [0.4, 0.5) is 0 Å². The van der Waals surface area contributed by atoms with E-state index in [0.29, 0.717) is 73.2 Å². The van der Waals surface area contributed by atoms with Crippen LogP contribution in [0.3, 0.4) is 0 Å². The Kier molecular flexibility index (Phi) is 38.3. The van der Waals surface area contributed by atoms with Crippen molar-refractivity contribution in [2.24, 2.45) is 11.7 Å². The summed E-state index contributed by atoms with van der Waals surface area (Å²) < 4.78 is 30.8. The highest BCUT2D eigenvalue weighted by Gasteiger charge is 2.26. The molecule has 4 aromatic heterocycles. The summed E-state index contributed by atoms with van der Waals surface area (Å²) in [6.45, 7) is 25.5. The van der Waals surface area contributed by atoms with Gasteiger partial charge in [-0.05, 0) is 272 Å². The number of phenols is 3. The molecule has 0 amide bonds. The van der Waals surface area contributed by atoms with Crippen LogP contribution in [0.1, 0.15) is 179 Å². The van der Waals surface area contributed by atoms with Gasteiger partial charge in [0.05, 0.1) is 29.0 Å². The van der Waals surface area contributed by atoms with E-state index >= 15 is 0 Å². The summed E-state index contributed by atoms with van der Waals surface area (Å²) >= 11 is 0. The average Bonchev–Trinajstić information content (AvgIpc) is 0.988. The second kappa shape index (κ2) is 50.9. The van der Waals surface area contributed by atoms with Gasteiger partial charge in [0.25, 0.3) is 0 Å². The number of ether oxygens (including phenoxy) is 1. The molecular formula is C108H135N15O7S. The third kappa shape index (κ3) is 32.6. The Hall–Kier alpha value is -11.4. The first-order valence-corrected chi connectivity index (χ1v) is 48.9. The first-order chi connectivity index (χ1) is 63.5. The van der Waals surface area contributed by atoms with Crippen molar-refractivity contribution in [3.05, 3.63) is 310 Å². The van der Waals surface area contributed by atoms with Gasteiger partial charge in [-0.15, -0.1) is 0 Å². The van der Waals surface area contributed by atoms with Gasteiger partial charge in [-0.1, -0.05) is 148 Å². The topological polar surface area (TPSA) is 287 Å². The van der Waals surface area contributed by atoms with Crippen LogP contribution in [0.15, 0.2) is 237 Å². The standard InChI is InChI=1S/C29H37N3O.C27H34N4O.C26H32N4O4S.C26H32N4O/c1-2-32(20-18-23-7-3-4-8-23)22-25-10-5-11-26(21-25)28-17-19-30-29(31-28)12-6-9-24-13-15-27(33)16-14-24;1-19-7-8-23(18-31-17-20(2)29-16-21(31)3)15-25(19)26-13-14-28-27(30-26)6-4-5-22-9-11-24(32)12-10-22;1-20(31)34-24-12-10-21(11-13-24)6-4-9-26-28-16-14-25(29-26)23-8-3-7-22(18-23)19-30(17-5-15-27)35(2,32)33;1-19-20(2)30(16-15-27-19)18-22-6-3-7-23(17-22)25-13-14-28-26(29-25)8-4-5-21-9-11-24(31)12-10-21/h5,10-11,13-17,19,21,23,33H,2-4,6-9,12,18,20,22H2,1H3;7-15,20-21,29,32H,4-6,16-18H2,1-3H3;3,7-8,10-14,16,18H,4-6,9,15,17,19,27H2,1-2H3;3,6-7,9-14,17,19-20,27,31H,4-5,8,15-16,18H2,1-2H3/t;20-,21-;;/m.0../s1. The summed E-state index contributed by atoms with van der Waals surface area (Å²) in [6.07, 6.45) is 27.0. The summed E-state index contributed by atoms with van der Waals surface area (Å²) in [5.74, 6) is 5.49. The molecule has 2 unspecified atom stereocenters. The number of aromatic hydroxyl groups is 3. The van der Waals surface area contributed by atoms with Gasteiger partial charge in [0, 0.05) is 163 Å². The molecule has 1 aliphatic carbocycles. The number of carbonyl (C=O) groups is 1. The molecule has 3 aliphatic rings. The first kappa shape index (κ1) is 98.7. The van der Waals surface area contributed by atoms with E-state index in [9.17, 15) is 28.5 Å². The van der Waals surface area contributed by atoms with E-state index in [1.165, 1.54) is 106 Å². The van der Waals surface area contributed by atoms with Crippen LogP contribution in [-0.4, -0.2) is 171 Å². The van der Waals surface area contributed by atoms with Crippen molar-refractivity contribution in [3.63, 3.8) is 0 Å². The number of hydrogen-bond acceptors (Lipinski definition) is 21. The van der Waals surface area contributed by atoms with Crippen molar-refractivity contribution in [1.29, 1.82) is 0 Å². The second-order valence-corrected chi connectivity index (χ2v) is 37.4. The Morgan fingerprint density at radius 3 is 1.39 bits per heavy atom. The number of sulfonamides is 1. The second-order valence-electron chi connectivity index (χ2n) is 35.4. The lowest BCUT2D eigenvalue weighted by molar-refractivity contribution is -0.131. The largest absolute Gasteiger partial charge is 0.508 e. The number of benzene rings is 8. The van der Waals surface area contributed by atoms with Crippen molar-refractivity contribution in [3.8, 4) is 68.0 Å². The lowest BCUT2D eigenvalue weighted by Crippen LogP contribution is -2.54. The minimum atomic E-state index is -3.33. The Morgan fingerprint density at radius 1 is 0.496 bits per heavy atom. The molecular weight excluding hydrogens is 1650 g/mol. The van der Waals surface area contributed by atoms with Crippen LogP contribution in [0.2, 0.25) is 0 Å². The maximum Gasteiger partial charge on any atom is 0.308 e. The van der Waals surface area contributed by atoms with Crippen molar-refractivity contribution in [1.82, 2.24) is 69.5 Å². The Bertz CT molecular complexity index is 5630. The number of aryl methyl sites for hydroxylation is 9. The van der Waals surface area contributed by atoms with Crippen LogP contribution in [0.5, 0.6) is 23.0 Å². The molecule has 15 rings (SSSR count). The van der Waals surface area contributed by atoms with E-state index in [1.54, 1.807) is 54.7 Å². The van der Waals surface area contributed by atoms with Crippen molar-refractivity contribution in [2.75, 3.05) is 58.6 Å². The van der Waals surface area contributed by atoms with E-state index in [-0.39, 0.29) is 5.97 Å². The summed E-state index contributed by atoms with van der Waals surface area (Å²) in [7, 11) is -3.33. The number of aromatic nitrogens is 8. The molecule has 0 bridgehead atoms. The number of nitrogens with two attached hydrogens (primary N) is 1. The Balaban J connectivity index is 0.000000158. The molecule has 4 atom stereocenters. The summed E-state index contributed by atoms with van der Waals surface area (Å²) in [6, 6.07) is 71.9. The maximum absolute atomic E-state index is 12.1. The lowest BCUT2D eigenvalue weighted by Gasteiger charge is -2.38. The van der Waals surface area contributed by atoms with Gasteiger partial charge in [-0.3, -0.25) is 19.5 Å². The molecule has 690 valence electrons. The number of nitrogens with one attached hydrogen (secondary N) is 2. The molecule has 22 nitrogen and oxygen atoms in total. The molecule has 3 fully saturated rings. The van der Waals surface area contributed by atoms with Gasteiger partial charge >= 0.3 is 5.97 Å². The fourth-order valence-corrected chi connectivity index (χ4v) is 18.0. The zero-order valence-electron chi connectivity index (χ0n) is 77.9. The van der Waals surface area contributed by atoms with Crippen LogP contribution in [-0.2, 0) is 92.4 Å². The van der Waals surface area contributed by atoms with Gasteiger partial charge in [-0.25, -0.2) is 48.3 Å². The SMILES string of the molecule is CC(=O)Oc1ccc(CCCc2nccc(-c3cccc(CN(CCCN)S(C)(=O)=O)c3)n2)cc1.CC1NCCN(Cc2cccc(-c3ccnc(CCCc4ccc(O)cc4)n3)c2)C1C.CCN(CCC1CCCC1)Cc1cccc(-c2ccnc(CCCc3ccc(O)cc3)n2)c1.Cc1ccc(CN2C[C@H](C)NC[C@@H]2C)cc1-c1ccnc(CCCc2ccc(O)cc2)n1. The minimum Gasteiger partial charge on any atom is -0.508 e. The molecule has 131 heavy (non-hydrogen) atoms. The van der Waals surface area contributed by atoms with Gasteiger partial charge in [0.15, 0.2) is 0 Å². The van der Waals surface area contributed by atoms with E-state index in [0.717, 1.165) is 204 Å². The molecule has 8 aromatic carbocycles. The predicted octanol–water partition coefficient (Wildman–Crippen LogP) is 18.5. The van der Waals surface area contributed by atoms with Gasteiger partial charge < -0.3 is 36.4 Å². The van der Waals surface area contributed by atoms with E-state index < -0.39 is 10.0 Å².